The molecule has 0 saturated heterocycles. The van der Waals surface area contributed by atoms with E-state index in [2.05, 4.69) is 5.32 Å². The molecule has 0 amide bonds. The van der Waals surface area contributed by atoms with Gasteiger partial charge in [0.2, 0.25) is 0 Å². The van der Waals surface area contributed by atoms with E-state index in [1.165, 1.54) is 7.05 Å². The van der Waals surface area contributed by atoms with E-state index in [9.17, 15) is 18.0 Å². The molecule has 0 aromatic carbocycles. The molecule has 0 spiro atoms. The van der Waals surface area contributed by atoms with Gasteiger partial charge in [-0.3, -0.25) is 4.57 Å². The van der Waals surface area contributed by atoms with Crippen LogP contribution in [0.15, 0.2) is 27.8 Å². The van der Waals surface area contributed by atoms with Crippen molar-refractivity contribution in [2.75, 3.05) is 6.54 Å². The van der Waals surface area contributed by atoms with Gasteiger partial charge in [0.1, 0.15) is 4.64 Å². The highest BCUT2D eigenvalue weighted by Crippen LogP contribution is 2.26. The van der Waals surface area contributed by atoms with Crippen molar-refractivity contribution < 1.29 is 13.2 Å². The predicted molar refractivity (Wildman–Crippen MR) is 76.3 cm³/mol. The Bertz CT molecular complexity index is 773. The molecule has 114 valence electrons. The lowest BCUT2D eigenvalue weighted by Gasteiger charge is -2.21. The minimum atomic E-state index is -3.24. The van der Waals surface area contributed by atoms with Crippen molar-refractivity contribution in [3.8, 4) is 0 Å². The van der Waals surface area contributed by atoms with Crippen molar-refractivity contribution in [1.29, 1.82) is 0 Å². The summed E-state index contributed by atoms with van der Waals surface area (Å²) in [4.78, 5) is 12.2. The molecule has 21 heavy (non-hydrogen) atoms. The van der Waals surface area contributed by atoms with Crippen molar-refractivity contribution in [2.45, 2.75) is 12.8 Å². The van der Waals surface area contributed by atoms with Gasteiger partial charge >= 0.3 is 5.69 Å². The highest BCUT2D eigenvalue weighted by Gasteiger charge is 2.29. The second kappa shape index (κ2) is 5.34. The second-order valence-electron chi connectivity index (χ2n) is 4.57. The SMILES string of the molecule is Cn1c(C(C)(F)F)cc(=S)n(C2=C(F)C=C(Cl)CN2)c1=O. The molecule has 9 heteroatoms. The summed E-state index contributed by atoms with van der Waals surface area (Å²) in [5.74, 6) is -4.25. The summed E-state index contributed by atoms with van der Waals surface area (Å²) in [5, 5.41) is 2.82. The van der Waals surface area contributed by atoms with E-state index in [1.807, 2.05) is 0 Å². The molecule has 0 unspecified atom stereocenters. The number of hydrogen-bond donors (Lipinski definition) is 1. The Morgan fingerprint density at radius 1 is 1.48 bits per heavy atom. The van der Waals surface area contributed by atoms with E-state index in [1.54, 1.807) is 0 Å². The van der Waals surface area contributed by atoms with Crippen LogP contribution in [-0.2, 0) is 13.0 Å². The number of allylic oxidation sites excluding steroid dienone is 2. The minimum Gasteiger partial charge on any atom is -0.364 e. The number of nitrogens with one attached hydrogen (secondary N) is 1. The summed E-state index contributed by atoms with van der Waals surface area (Å²) >= 11 is 10.6. The largest absolute Gasteiger partial charge is 0.364 e. The van der Waals surface area contributed by atoms with Crippen LogP contribution in [0, 0.1) is 4.64 Å². The second-order valence-corrected chi connectivity index (χ2v) is 5.48. The molecule has 2 rings (SSSR count). The van der Waals surface area contributed by atoms with Crippen LogP contribution in [0.4, 0.5) is 13.2 Å². The van der Waals surface area contributed by atoms with Crippen LogP contribution in [-0.4, -0.2) is 15.7 Å². The lowest BCUT2D eigenvalue weighted by Crippen LogP contribution is -2.38. The van der Waals surface area contributed by atoms with Gasteiger partial charge < -0.3 is 5.32 Å². The third kappa shape index (κ3) is 2.91. The fourth-order valence-electron chi connectivity index (χ4n) is 1.95. The standard InChI is InChI=1S/C12H11ClF3N3OS/c1-12(15,16)8-4-9(21)19(11(20)18(8)2)10-7(14)3-6(13)5-17-10/h3-4,17H,5H2,1-2H3. The Balaban J connectivity index is 2.75. The molecule has 0 saturated carbocycles. The van der Waals surface area contributed by atoms with Crippen LogP contribution < -0.4 is 11.0 Å². The molecule has 1 aromatic rings. The van der Waals surface area contributed by atoms with E-state index in [0.29, 0.717) is 6.92 Å². The number of hydrogen-bond acceptors (Lipinski definition) is 3. The Morgan fingerprint density at radius 3 is 2.62 bits per heavy atom. The van der Waals surface area contributed by atoms with E-state index in [-0.39, 0.29) is 22.0 Å². The quantitative estimate of drug-likeness (QED) is 0.843. The highest BCUT2D eigenvalue weighted by molar-refractivity contribution is 7.71. The number of alkyl halides is 2. The molecule has 1 aliphatic rings. The first-order valence-electron chi connectivity index (χ1n) is 5.84. The zero-order valence-corrected chi connectivity index (χ0v) is 12.7. The van der Waals surface area contributed by atoms with Crippen LogP contribution in [0.1, 0.15) is 12.6 Å². The minimum absolute atomic E-state index is 0.112. The molecule has 0 fully saturated rings. The van der Waals surface area contributed by atoms with Gasteiger partial charge in [-0.1, -0.05) is 23.8 Å². The van der Waals surface area contributed by atoms with Gasteiger partial charge in [-0.05, 0) is 12.1 Å². The maximum absolute atomic E-state index is 13.9. The van der Waals surface area contributed by atoms with Gasteiger partial charge in [0.05, 0.1) is 12.2 Å². The molecular formula is C12H11ClF3N3OS. The number of rotatable bonds is 2. The van der Waals surface area contributed by atoms with Crippen molar-refractivity contribution in [3.05, 3.63) is 43.8 Å². The van der Waals surface area contributed by atoms with E-state index in [4.69, 9.17) is 23.8 Å². The third-order valence-electron chi connectivity index (χ3n) is 2.93. The maximum atomic E-state index is 13.9. The Hall–Kier alpha value is -1.54. The lowest BCUT2D eigenvalue weighted by atomic mass is 10.2. The zero-order chi connectivity index (χ0) is 15.9. The normalized spacial score (nSPS) is 15.8. The first kappa shape index (κ1) is 15.8. The maximum Gasteiger partial charge on any atom is 0.335 e. The molecule has 0 bridgehead atoms. The average Bonchev–Trinajstić information content (AvgIpc) is 2.35. The van der Waals surface area contributed by atoms with Gasteiger partial charge in [0.15, 0.2) is 11.6 Å². The fraction of sp³-hybridized carbons (Fsp3) is 0.333. The molecule has 1 aromatic heterocycles. The fourth-order valence-corrected chi connectivity index (χ4v) is 2.39. The van der Waals surface area contributed by atoms with Crippen molar-refractivity contribution >= 4 is 29.6 Å². The summed E-state index contributed by atoms with van der Waals surface area (Å²) in [5.41, 5.74) is -1.41. The van der Waals surface area contributed by atoms with Crippen LogP contribution >= 0.6 is 23.8 Å². The van der Waals surface area contributed by atoms with E-state index >= 15 is 0 Å². The van der Waals surface area contributed by atoms with Crippen LogP contribution in [0.3, 0.4) is 0 Å². The summed E-state index contributed by atoms with van der Waals surface area (Å²) < 4.78 is 42.1. The number of nitrogens with zero attached hydrogens (tertiary/aromatic N) is 2. The summed E-state index contributed by atoms with van der Waals surface area (Å²) in [6.45, 7) is 0.767. The number of dihydropyridines is 1. The first-order valence-corrected chi connectivity index (χ1v) is 6.63. The van der Waals surface area contributed by atoms with Gasteiger partial charge in [0.25, 0.3) is 5.92 Å². The molecule has 0 radical (unpaired) electrons. The topological polar surface area (TPSA) is 39.0 Å². The van der Waals surface area contributed by atoms with Gasteiger partial charge in [-0.25, -0.2) is 22.5 Å². The smallest absolute Gasteiger partial charge is 0.335 e. The molecular weight excluding hydrogens is 327 g/mol. The first-order chi connectivity index (χ1) is 9.62. The lowest BCUT2D eigenvalue weighted by molar-refractivity contribution is 0.00835. The Kier molecular flexibility index (Phi) is 4.03. The van der Waals surface area contributed by atoms with Crippen LogP contribution in [0.2, 0.25) is 0 Å². The molecule has 2 heterocycles. The molecule has 0 aliphatic carbocycles. The number of aromatic nitrogens is 2. The summed E-state index contributed by atoms with van der Waals surface area (Å²) in [6, 6.07) is 0.971. The van der Waals surface area contributed by atoms with E-state index in [0.717, 1.165) is 21.3 Å². The van der Waals surface area contributed by atoms with Gasteiger partial charge in [-0.15, -0.1) is 0 Å². The predicted octanol–water partition coefficient (Wildman–Crippen LogP) is 2.85. The summed E-state index contributed by atoms with van der Waals surface area (Å²) in [7, 11) is 1.17. The van der Waals surface area contributed by atoms with Crippen molar-refractivity contribution in [1.82, 2.24) is 14.5 Å². The van der Waals surface area contributed by atoms with Gasteiger partial charge in [-0.2, -0.15) is 0 Å². The third-order valence-corrected chi connectivity index (χ3v) is 3.47. The molecule has 1 aliphatic heterocycles. The van der Waals surface area contributed by atoms with Crippen molar-refractivity contribution in [3.63, 3.8) is 0 Å². The summed E-state index contributed by atoms with van der Waals surface area (Å²) in [6.07, 6.45) is 1.04. The molecule has 1 N–H and O–H groups in total. The van der Waals surface area contributed by atoms with E-state index < -0.39 is 23.1 Å². The zero-order valence-electron chi connectivity index (χ0n) is 11.1. The average molecular weight is 338 g/mol. The Labute approximate surface area is 128 Å². The molecule has 0 atom stereocenters. The van der Waals surface area contributed by atoms with Crippen LogP contribution in [0.25, 0.3) is 5.82 Å². The number of halogens is 4. The highest BCUT2D eigenvalue weighted by atomic mass is 35.5. The van der Waals surface area contributed by atoms with Crippen LogP contribution in [0.5, 0.6) is 0 Å². The Morgan fingerprint density at radius 2 is 2.10 bits per heavy atom. The van der Waals surface area contributed by atoms with Gasteiger partial charge in [0, 0.05) is 19.0 Å². The monoisotopic (exact) mass is 337 g/mol. The van der Waals surface area contributed by atoms with Crippen molar-refractivity contribution in [2.24, 2.45) is 7.05 Å². The molecule has 4 nitrogen and oxygen atoms in total.